The van der Waals surface area contributed by atoms with E-state index < -0.39 is 165 Å². The van der Waals surface area contributed by atoms with Crippen LogP contribution in [0, 0.1) is 6.92 Å². The third-order valence-corrected chi connectivity index (χ3v) is 27.7. The molecule has 8 rings (SSSR count). The number of aryl methyl sites for hydroxylation is 3. The van der Waals surface area contributed by atoms with Crippen LogP contribution in [0.4, 0.5) is 5.69 Å². The molecule has 33 nitrogen and oxygen atoms in total. The SMILES string of the molecule is Cc1cn([C@H]2C[C@H](O)[C@@H](COP(=O)(O)OP(=O)(O)CP(=O)(O)OP(=O)(O)OCCCCCCNC(=O)CCCCCNC(=O)CSc3c(Cl)c(Cl)c(C(=O)O)c(C4=c5cc6c(c(S(=O)(=O)O)c5Oc5c4cc4c(c5S(=O)(=O)O)NC(C)(C)CC4)=NC(C)(C)CC6)c3Cl)O2)c(=O)[nH]c1=O. The van der Waals surface area contributed by atoms with Gasteiger partial charge in [-0.25, -0.2) is 27.3 Å². The van der Waals surface area contributed by atoms with Crippen molar-refractivity contribution < 1.29 is 116 Å². The molecule has 4 aromatic rings. The summed E-state index contributed by atoms with van der Waals surface area (Å²) < 4.78 is 157. The number of hydrogen-bond donors (Lipinski definition) is 12. The fourth-order valence-electron chi connectivity index (χ4n) is 11.2. The van der Waals surface area contributed by atoms with Crippen molar-refractivity contribution in [3.8, 4) is 11.5 Å². The number of nitrogens with zero attached hydrogens (tertiary/aromatic N) is 2. The molecule has 1 fully saturated rings. The molecule has 1 aromatic heterocycles. The number of amides is 2. The predicted molar refractivity (Wildman–Crippen MR) is 354 cm³/mol. The molecule has 4 unspecified atom stereocenters. The molecule has 2 amide bonds. The van der Waals surface area contributed by atoms with E-state index in [1.54, 1.807) is 27.7 Å². The molecular weight excluding hydrogens is 1500 g/mol. The summed E-state index contributed by atoms with van der Waals surface area (Å²) in [4.78, 5) is 108. The van der Waals surface area contributed by atoms with Gasteiger partial charge in [-0.15, -0.1) is 11.8 Å². The summed E-state index contributed by atoms with van der Waals surface area (Å²) in [6, 6.07) is 2.97. The smallest absolute Gasteiger partial charge is 0.478 e. The van der Waals surface area contributed by atoms with E-state index in [-0.39, 0.29) is 105 Å². The van der Waals surface area contributed by atoms with E-state index >= 15 is 0 Å². The Morgan fingerprint density at radius 1 is 0.796 bits per heavy atom. The number of halogens is 3. The van der Waals surface area contributed by atoms with Crippen molar-refractivity contribution in [3.05, 3.63) is 98.2 Å². The Labute approximate surface area is 579 Å². The fourth-order valence-corrected chi connectivity index (χ4v) is 21.6. The Bertz CT molecular complexity index is 4580. The number of rotatable bonds is 31. The third-order valence-electron chi connectivity index (χ3n) is 15.8. The normalized spacial score (nSPS) is 20.3. The van der Waals surface area contributed by atoms with Crippen LogP contribution in [0.2, 0.25) is 15.1 Å². The number of fused-ring (bicyclic) bond motifs is 4. The topological polar surface area (TPSA) is 508 Å². The first-order chi connectivity index (χ1) is 45.3. The number of carbonyl (C=O) groups is 3. The van der Waals surface area contributed by atoms with E-state index in [2.05, 4.69) is 34.1 Å². The number of H-pyrrole nitrogens is 1. The number of aromatic nitrogens is 2. The van der Waals surface area contributed by atoms with E-state index in [1.165, 1.54) is 19.1 Å². The van der Waals surface area contributed by atoms with E-state index in [9.17, 15) is 98.0 Å². The second-order valence-electron chi connectivity index (χ2n) is 24.7. The largest absolute Gasteiger partial charge is 0.479 e. The lowest BCUT2D eigenvalue weighted by molar-refractivity contribution is -0.121. The summed E-state index contributed by atoms with van der Waals surface area (Å²) in [5, 5.41) is 28.2. The minimum absolute atomic E-state index is 0.0808. The number of phosphoric acid groups is 2. The molecule has 5 heterocycles. The van der Waals surface area contributed by atoms with E-state index in [0.717, 1.165) is 22.5 Å². The molecule has 0 bridgehead atoms. The first-order valence-corrected chi connectivity index (χ1v) is 41.5. The number of thioether (sulfide) groups is 1. The van der Waals surface area contributed by atoms with Crippen molar-refractivity contribution >= 4 is 127 Å². The van der Waals surface area contributed by atoms with Gasteiger partial charge >= 0.3 is 42.5 Å². The number of carbonyl (C=O) groups excluding carboxylic acids is 2. The van der Waals surface area contributed by atoms with Crippen molar-refractivity contribution in [2.24, 2.45) is 4.99 Å². The highest BCUT2D eigenvalue weighted by molar-refractivity contribution is 8.00. The molecule has 7 atom stereocenters. The quantitative estimate of drug-likeness (QED) is 0.00684. The molecule has 0 aliphatic carbocycles. The lowest BCUT2D eigenvalue weighted by Crippen LogP contribution is -2.37. The maximum Gasteiger partial charge on any atom is 0.479 e. The summed E-state index contributed by atoms with van der Waals surface area (Å²) in [5.41, 5.74) is -4.02. The Morgan fingerprint density at radius 3 is 2.03 bits per heavy atom. The van der Waals surface area contributed by atoms with E-state index in [4.69, 9.17) is 48.8 Å². The van der Waals surface area contributed by atoms with Crippen molar-refractivity contribution in [1.29, 1.82) is 0 Å². The Hall–Kier alpha value is -4.42. The Balaban J connectivity index is 0.796. The molecule has 12 N–H and O–H groups in total. The van der Waals surface area contributed by atoms with Crippen molar-refractivity contribution in [2.45, 2.75) is 162 Å². The fraction of sp³-hybridized carbons (Fsp3) is 0.527. The van der Waals surface area contributed by atoms with Gasteiger partial charge in [0.15, 0.2) is 27.2 Å². The third kappa shape index (κ3) is 19.6. The van der Waals surface area contributed by atoms with E-state index in [0.29, 0.717) is 56.9 Å². The molecule has 4 aliphatic rings. The average Bonchev–Trinajstić information content (AvgIpc) is 0.807. The number of aromatic amines is 1. The molecule has 0 saturated carbocycles. The number of carboxylic acid groups (broad SMARTS) is 1. The molecule has 0 radical (unpaired) electrons. The average molecular weight is 1570 g/mol. The summed E-state index contributed by atoms with van der Waals surface area (Å²) in [5.74, 6) is -6.17. The Morgan fingerprint density at radius 2 is 1.40 bits per heavy atom. The molecule has 4 aliphatic heterocycles. The van der Waals surface area contributed by atoms with Crippen molar-refractivity contribution in [3.63, 3.8) is 0 Å². The number of aliphatic hydroxyl groups is 1. The zero-order valence-corrected chi connectivity index (χ0v) is 61.1. The molecule has 1 saturated heterocycles. The van der Waals surface area contributed by atoms with Gasteiger partial charge in [0.05, 0.1) is 62.3 Å². The van der Waals surface area contributed by atoms with Crippen LogP contribution < -0.4 is 42.5 Å². The monoisotopic (exact) mass is 1570 g/mol. The van der Waals surface area contributed by atoms with Crippen LogP contribution in [0.3, 0.4) is 0 Å². The number of nitrogens with one attached hydrogen (secondary N) is 4. The van der Waals surface area contributed by atoms with Gasteiger partial charge in [0.1, 0.15) is 12.3 Å². The van der Waals surface area contributed by atoms with Crippen LogP contribution in [-0.2, 0) is 83.3 Å². The number of benzene rings is 3. The highest BCUT2D eigenvalue weighted by atomic mass is 35.5. The summed E-state index contributed by atoms with van der Waals surface area (Å²) >= 11 is 21.6. The number of phosphoric ester groups is 2. The molecular formula is C55H71Cl3N6O27P4S3. The standard InChI is InChI=1S/C55H71Cl3N6O27P4S3/c1-28-24-64(53(71)61-51(28)68)37-23-33(65)34(88-37)25-87-95(78,79)91-93(74,75)27-92(72,73)90-94(76,77)86-20-12-7-6-10-18-59-35(66)13-9-8-11-19-60-36(67)26-96-48-42(57)39(40(52(69)70)41(56)43(48)58)38-31-21-29-14-16-54(2,3)62-44(29)49(97(80,81)82)46(31)89-47-32(38)22-30-15-17-55(4,5)63-45(30)50(47)98(83,84)85/h21-22,24,33-34,37,62,65H,6-20,23,25-27H2,1-5H3,(H,59,66)(H,60,67)(H,69,70)(H,72,73)(H,74,75)(H,76,77)(H,78,79)(H,61,68,71)(H,80,81,82)(H,83,84,85)/t33-,34+,37+/m0/s1. The lowest BCUT2D eigenvalue weighted by atomic mass is 9.83. The summed E-state index contributed by atoms with van der Waals surface area (Å²) in [6.07, 6.45) is 1.03. The van der Waals surface area contributed by atoms with Gasteiger partial charge in [-0.1, -0.05) is 54.1 Å². The number of aliphatic hydroxyl groups excluding tert-OH is 1. The van der Waals surface area contributed by atoms with Gasteiger partial charge in [0.25, 0.3) is 25.8 Å². The van der Waals surface area contributed by atoms with Gasteiger partial charge in [-0.05, 0) is 109 Å². The minimum atomic E-state index is -5.64. The molecule has 3 aromatic carbocycles. The van der Waals surface area contributed by atoms with Gasteiger partial charge in [0.2, 0.25) is 11.8 Å². The van der Waals surface area contributed by atoms with Crippen LogP contribution in [0.15, 0.2) is 47.6 Å². The Kier molecular flexibility index (Phi) is 25.0. The second-order valence-corrected chi connectivity index (χ2v) is 36.9. The van der Waals surface area contributed by atoms with Crippen LogP contribution >= 0.6 is 77.4 Å². The first-order valence-electron chi connectivity index (χ1n) is 30.0. The maximum absolute atomic E-state index is 13.6. The number of ether oxygens (including phenoxy) is 2. The predicted octanol–water partition coefficient (Wildman–Crippen LogP) is 7.22. The zero-order valence-electron chi connectivity index (χ0n) is 52.8. The van der Waals surface area contributed by atoms with Crippen LogP contribution in [0.1, 0.15) is 143 Å². The lowest BCUT2D eigenvalue weighted by Gasteiger charge is -2.36. The number of aromatic carboxylic acids is 1. The minimum Gasteiger partial charge on any atom is -0.478 e. The molecule has 542 valence electrons. The number of anilines is 1. The number of carboxylic acids is 1. The van der Waals surface area contributed by atoms with Crippen LogP contribution in [-0.4, -0.2) is 144 Å². The zero-order chi connectivity index (χ0) is 72.6. The first kappa shape index (κ1) is 79.3. The van der Waals surface area contributed by atoms with Gasteiger partial charge in [-0.2, -0.15) is 16.8 Å². The second kappa shape index (κ2) is 30.9. The van der Waals surface area contributed by atoms with Crippen LogP contribution in [0.25, 0.3) is 5.57 Å². The molecule has 0 spiro atoms. The number of hydrogen-bond acceptors (Lipinski definition) is 23. The number of unbranched alkanes of at least 4 members (excludes halogenated alkanes) is 5. The van der Waals surface area contributed by atoms with Crippen molar-refractivity contribution in [2.75, 3.05) is 43.3 Å². The summed E-state index contributed by atoms with van der Waals surface area (Å²) in [7, 11) is -32.8. The maximum atomic E-state index is 13.6. The van der Waals surface area contributed by atoms with Gasteiger partial charge in [-0.3, -0.25) is 56.2 Å². The highest BCUT2D eigenvalue weighted by Gasteiger charge is 2.47. The summed E-state index contributed by atoms with van der Waals surface area (Å²) in [6.45, 7) is 7.34. The molecule has 98 heavy (non-hydrogen) atoms. The van der Waals surface area contributed by atoms with E-state index in [1.807, 2.05) is 4.98 Å². The van der Waals surface area contributed by atoms with Gasteiger partial charge < -0.3 is 55.2 Å². The molecule has 43 heteroatoms. The van der Waals surface area contributed by atoms with Crippen molar-refractivity contribution in [1.82, 2.24) is 20.2 Å². The highest BCUT2D eigenvalue weighted by Crippen LogP contribution is 2.70. The van der Waals surface area contributed by atoms with Crippen LogP contribution in [0.5, 0.6) is 11.5 Å². The van der Waals surface area contributed by atoms with Gasteiger partial charge in [0, 0.05) is 70.0 Å².